The van der Waals surface area contributed by atoms with Crippen LogP contribution < -0.4 is 0 Å². The van der Waals surface area contributed by atoms with Crippen LogP contribution in [0.3, 0.4) is 0 Å². The molecular formula is C12H10F3NO3S. The molecule has 0 bridgehead atoms. The van der Waals surface area contributed by atoms with Gasteiger partial charge < -0.3 is 9.84 Å². The minimum absolute atomic E-state index is 0.0193. The molecule has 108 valence electrons. The lowest BCUT2D eigenvalue weighted by molar-refractivity contribution is -0.0328. The van der Waals surface area contributed by atoms with E-state index in [1.807, 2.05) is 0 Å². The number of hydrogen-bond donors (Lipinski definition) is 1. The molecule has 0 aliphatic heterocycles. The monoisotopic (exact) mass is 305 g/mol. The summed E-state index contributed by atoms with van der Waals surface area (Å²) in [5.74, 6) is -0.795. The number of aliphatic hydroxyl groups excluding tert-OH is 1. The average Bonchev–Trinajstić information content (AvgIpc) is 2.36. The number of carbonyl (C=O) groups is 1. The lowest BCUT2D eigenvalue weighted by atomic mass is 10.0. The first kappa shape index (κ1) is 16.3. The summed E-state index contributed by atoms with van der Waals surface area (Å²) < 4.78 is 41.8. The summed E-state index contributed by atoms with van der Waals surface area (Å²) in [7, 11) is 0. The van der Waals surface area contributed by atoms with Gasteiger partial charge in [0.05, 0.1) is 24.3 Å². The van der Waals surface area contributed by atoms with Gasteiger partial charge in [0.25, 0.3) is 0 Å². The fourth-order valence-electron chi connectivity index (χ4n) is 1.45. The molecule has 1 aromatic carbocycles. The van der Waals surface area contributed by atoms with Crippen molar-refractivity contribution in [2.45, 2.75) is 23.9 Å². The second kappa shape index (κ2) is 6.63. The van der Waals surface area contributed by atoms with Crippen molar-refractivity contribution in [3.63, 3.8) is 0 Å². The molecular weight excluding hydrogens is 295 g/mol. The Morgan fingerprint density at radius 3 is 2.60 bits per heavy atom. The molecule has 1 aromatic rings. The lowest BCUT2D eigenvalue weighted by Crippen LogP contribution is -2.10. The Labute approximate surface area is 117 Å². The number of rotatable bonds is 4. The van der Waals surface area contributed by atoms with Gasteiger partial charge in [-0.2, -0.15) is 18.4 Å². The number of thioether (sulfide) groups is 1. The van der Waals surface area contributed by atoms with Crippen LogP contribution in [0.1, 0.15) is 28.4 Å². The molecule has 0 aliphatic rings. The summed E-state index contributed by atoms with van der Waals surface area (Å²) in [5, 5.41) is 18.0. The second-order valence-electron chi connectivity index (χ2n) is 3.54. The third kappa shape index (κ3) is 4.15. The van der Waals surface area contributed by atoms with E-state index in [2.05, 4.69) is 0 Å². The van der Waals surface area contributed by atoms with Gasteiger partial charge in [-0.05, 0) is 36.4 Å². The van der Waals surface area contributed by atoms with Crippen molar-refractivity contribution in [1.29, 1.82) is 5.26 Å². The highest BCUT2D eigenvalue weighted by molar-refractivity contribution is 8.00. The van der Waals surface area contributed by atoms with Crippen LogP contribution in [-0.4, -0.2) is 23.2 Å². The largest absolute Gasteiger partial charge is 0.462 e. The Morgan fingerprint density at radius 2 is 2.15 bits per heavy atom. The van der Waals surface area contributed by atoms with Crippen LogP contribution in [0.4, 0.5) is 13.2 Å². The zero-order valence-corrected chi connectivity index (χ0v) is 11.1. The maximum atomic E-state index is 12.4. The number of hydrogen-bond acceptors (Lipinski definition) is 5. The fraction of sp³-hybridized carbons (Fsp3) is 0.333. The predicted molar refractivity (Wildman–Crippen MR) is 64.9 cm³/mol. The van der Waals surface area contributed by atoms with Gasteiger partial charge in [-0.3, -0.25) is 0 Å². The molecule has 0 radical (unpaired) electrons. The summed E-state index contributed by atoms with van der Waals surface area (Å²) in [4.78, 5) is 11.3. The Hall–Kier alpha value is -1.72. The van der Waals surface area contributed by atoms with Crippen LogP contribution in [0.2, 0.25) is 0 Å². The summed E-state index contributed by atoms with van der Waals surface area (Å²) in [5.41, 5.74) is -5.00. The number of ether oxygens (including phenoxy) is 1. The first-order chi connectivity index (χ1) is 9.32. The van der Waals surface area contributed by atoms with Gasteiger partial charge in [0.1, 0.15) is 6.07 Å². The van der Waals surface area contributed by atoms with Crippen molar-refractivity contribution in [2.24, 2.45) is 0 Å². The summed E-state index contributed by atoms with van der Waals surface area (Å²) >= 11 is -0.470. The number of nitrogens with zero attached hydrogens (tertiary/aromatic N) is 1. The van der Waals surface area contributed by atoms with E-state index < -0.39 is 29.8 Å². The van der Waals surface area contributed by atoms with Crippen molar-refractivity contribution >= 4 is 17.7 Å². The topological polar surface area (TPSA) is 70.3 Å². The number of nitriles is 1. The Bertz CT molecular complexity index is 552. The van der Waals surface area contributed by atoms with Crippen LogP contribution in [0.5, 0.6) is 0 Å². The first-order valence-electron chi connectivity index (χ1n) is 5.43. The third-order valence-corrected chi connectivity index (χ3v) is 3.01. The molecule has 1 rings (SSSR count). The maximum Gasteiger partial charge on any atom is 0.446 e. The minimum Gasteiger partial charge on any atom is -0.462 e. The minimum atomic E-state index is -4.57. The number of alkyl halides is 3. The van der Waals surface area contributed by atoms with Crippen molar-refractivity contribution in [3.05, 3.63) is 28.8 Å². The Kier molecular flexibility index (Phi) is 5.42. The van der Waals surface area contributed by atoms with E-state index in [1.54, 1.807) is 13.0 Å². The summed E-state index contributed by atoms with van der Waals surface area (Å²) in [6, 6.07) is 3.57. The number of carbonyl (C=O) groups excluding carboxylic acids is 1. The highest BCUT2D eigenvalue weighted by Gasteiger charge is 2.31. The normalized spacial score (nSPS) is 11.0. The molecule has 0 aliphatic carbocycles. The van der Waals surface area contributed by atoms with Crippen molar-refractivity contribution in [1.82, 2.24) is 0 Å². The lowest BCUT2D eigenvalue weighted by Gasteiger charge is -2.12. The van der Waals surface area contributed by atoms with E-state index >= 15 is 0 Å². The fourth-order valence-corrected chi connectivity index (χ4v) is 2.11. The number of benzene rings is 1. The molecule has 0 fully saturated rings. The molecule has 4 nitrogen and oxygen atoms in total. The van der Waals surface area contributed by atoms with Gasteiger partial charge in [0.2, 0.25) is 0 Å². The highest BCUT2D eigenvalue weighted by atomic mass is 32.2. The molecule has 1 N–H and O–H groups in total. The first-order valence-corrected chi connectivity index (χ1v) is 6.24. The van der Waals surface area contributed by atoms with Crippen LogP contribution in [-0.2, 0) is 11.3 Å². The van der Waals surface area contributed by atoms with Gasteiger partial charge in [-0.15, -0.1) is 0 Å². The number of halogens is 3. The number of aliphatic hydroxyl groups is 1. The van der Waals surface area contributed by atoms with Crippen molar-refractivity contribution in [2.75, 3.05) is 6.61 Å². The maximum absolute atomic E-state index is 12.4. The highest BCUT2D eigenvalue weighted by Crippen LogP contribution is 2.39. The smallest absolute Gasteiger partial charge is 0.446 e. The Balaban J connectivity index is 3.31. The zero-order valence-electron chi connectivity index (χ0n) is 10.3. The summed E-state index contributed by atoms with van der Waals surface area (Å²) in [6.45, 7) is 1.01. The molecule has 0 atom stereocenters. The molecule has 0 amide bonds. The van der Waals surface area contributed by atoms with Crippen LogP contribution in [0.15, 0.2) is 17.0 Å². The van der Waals surface area contributed by atoms with Crippen LogP contribution in [0.25, 0.3) is 0 Å². The van der Waals surface area contributed by atoms with Crippen molar-refractivity contribution < 1.29 is 27.8 Å². The molecule has 0 aromatic heterocycles. The standard InChI is InChI=1S/C12H10F3NO3S/c1-2-19-11(18)9-3-7(5-16)10(4-8(9)6-17)20-12(13,14)15/h3-4,17H,2,6H2,1H3. The molecule has 0 unspecified atom stereocenters. The van der Waals surface area contributed by atoms with E-state index in [1.165, 1.54) is 0 Å². The quantitative estimate of drug-likeness (QED) is 0.684. The molecule has 0 saturated heterocycles. The van der Waals surface area contributed by atoms with Crippen LogP contribution >= 0.6 is 11.8 Å². The van der Waals surface area contributed by atoms with Gasteiger partial charge in [0, 0.05) is 4.90 Å². The van der Waals surface area contributed by atoms with Crippen molar-refractivity contribution in [3.8, 4) is 6.07 Å². The van der Waals surface area contributed by atoms with Gasteiger partial charge in [0.15, 0.2) is 0 Å². The summed E-state index contributed by atoms with van der Waals surface area (Å²) in [6.07, 6.45) is 0. The zero-order chi connectivity index (χ0) is 15.3. The predicted octanol–water partition coefficient (Wildman–Crippen LogP) is 2.84. The SMILES string of the molecule is CCOC(=O)c1cc(C#N)c(SC(F)(F)F)cc1CO. The number of esters is 1. The van der Waals surface area contributed by atoms with E-state index in [9.17, 15) is 18.0 Å². The average molecular weight is 305 g/mol. The second-order valence-corrected chi connectivity index (χ2v) is 4.65. The van der Waals surface area contributed by atoms with Gasteiger partial charge in [-0.25, -0.2) is 4.79 Å². The molecule has 0 spiro atoms. The van der Waals surface area contributed by atoms with Gasteiger partial charge in [-0.1, -0.05) is 0 Å². The molecule has 8 heteroatoms. The van der Waals surface area contributed by atoms with E-state index in [-0.39, 0.29) is 28.2 Å². The Morgan fingerprint density at radius 1 is 1.50 bits per heavy atom. The molecule has 0 heterocycles. The van der Waals surface area contributed by atoms with Crippen LogP contribution in [0, 0.1) is 11.3 Å². The van der Waals surface area contributed by atoms with E-state index in [0.29, 0.717) is 0 Å². The van der Waals surface area contributed by atoms with E-state index in [0.717, 1.165) is 12.1 Å². The van der Waals surface area contributed by atoms with Gasteiger partial charge >= 0.3 is 11.5 Å². The molecule has 0 saturated carbocycles. The third-order valence-electron chi connectivity index (χ3n) is 2.22. The molecule has 20 heavy (non-hydrogen) atoms. The van der Waals surface area contributed by atoms with E-state index in [4.69, 9.17) is 15.1 Å².